The Morgan fingerprint density at radius 1 is 1.26 bits per heavy atom. The van der Waals surface area contributed by atoms with Gasteiger partial charge in [0, 0.05) is 17.2 Å². The van der Waals surface area contributed by atoms with Crippen molar-refractivity contribution in [3.8, 4) is 11.3 Å². The van der Waals surface area contributed by atoms with Gasteiger partial charge in [0.05, 0.1) is 5.69 Å². The molecule has 0 aliphatic rings. The quantitative estimate of drug-likeness (QED) is 0.862. The third kappa shape index (κ3) is 3.04. The number of aromatic nitrogens is 2. The zero-order valence-corrected chi connectivity index (χ0v) is 12.0. The first-order valence-electron chi connectivity index (χ1n) is 7.01. The summed E-state index contributed by atoms with van der Waals surface area (Å²) < 4.78 is 0. The molecule has 3 N–H and O–H groups in total. The minimum Gasteiger partial charge on any atom is -0.345 e. The highest BCUT2D eigenvalue weighted by Gasteiger charge is 2.13. The van der Waals surface area contributed by atoms with Crippen LogP contribution in [0.2, 0.25) is 0 Å². The van der Waals surface area contributed by atoms with Gasteiger partial charge >= 0.3 is 0 Å². The van der Waals surface area contributed by atoms with Crippen LogP contribution in [0.4, 0.5) is 0 Å². The molecule has 1 heterocycles. The van der Waals surface area contributed by atoms with Crippen LogP contribution < -0.4 is 5.73 Å². The summed E-state index contributed by atoms with van der Waals surface area (Å²) >= 11 is 0. The first-order chi connectivity index (χ1) is 9.15. The van der Waals surface area contributed by atoms with Crippen LogP contribution >= 0.6 is 0 Å². The third-order valence-electron chi connectivity index (χ3n) is 3.61. The van der Waals surface area contributed by atoms with Crippen LogP contribution in [0.15, 0.2) is 24.3 Å². The third-order valence-corrected chi connectivity index (χ3v) is 3.61. The van der Waals surface area contributed by atoms with Crippen LogP contribution in [-0.4, -0.2) is 16.5 Å². The van der Waals surface area contributed by atoms with E-state index in [0.29, 0.717) is 12.5 Å². The lowest BCUT2D eigenvalue weighted by atomic mass is 10.1. The summed E-state index contributed by atoms with van der Waals surface area (Å²) in [5.41, 5.74) is 10.3. The number of nitrogens with two attached hydrogens (primary N) is 1. The summed E-state index contributed by atoms with van der Waals surface area (Å²) in [4.78, 5) is 8.13. The molecule has 0 bridgehead atoms. The van der Waals surface area contributed by atoms with Gasteiger partial charge in [-0.25, -0.2) is 4.98 Å². The van der Waals surface area contributed by atoms with E-state index in [-0.39, 0.29) is 0 Å². The molecule has 0 amide bonds. The molecule has 3 nitrogen and oxygen atoms in total. The molecule has 19 heavy (non-hydrogen) atoms. The lowest BCUT2D eigenvalue weighted by Crippen LogP contribution is -2.05. The van der Waals surface area contributed by atoms with Crippen molar-refractivity contribution >= 4 is 0 Å². The summed E-state index contributed by atoms with van der Waals surface area (Å²) in [6.07, 6.45) is 2.03. The van der Waals surface area contributed by atoms with Gasteiger partial charge in [0.1, 0.15) is 5.82 Å². The Morgan fingerprint density at radius 3 is 2.53 bits per heavy atom. The lowest BCUT2D eigenvalue weighted by Gasteiger charge is -2.05. The fraction of sp³-hybridized carbons (Fsp3) is 0.438. The molecule has 3 heteroatoms. The van der Waals surface area contributed by atoms with E-state index in [4.69, 9.17) is 10.7 Å². The predicted octanol–water partition coefficient (Wildman–Crippen LogP) is 3.40. The van der Waals surface area contributed by atoms with Gasteiger partial charge in [0.25, 0.3) is 0 Å². The molecule has 1 aromatic carbocycles. The maximum Gasteiger partial charge on any atom is 0.109 e. The van der Waals surface area contributed by atoms with Crippen molar-refractivity contribution in [1.29, 1.82) is 0 Å². The molecule has 2 rings (SSSR count). The molecular weight excluding hydrogens is 234 g/mol. The Morgan fingerprint density at radius 2 is 1.95 bits per heavy atom. The van der Waals surface area contributed by atoms with Gasteiger partial charge in [-0.05, 0) is 31.9 Å². The van der Waals surface area contributed by atoms with Crippen LogP contribution in [0.5, 0.6) is 0 Å². The van der Waals surface area contributed by atoms with Gasteiger partial charge < -0.3 is 10.7 Å². The van der Waals surface area contributed by atoms with Crippen LogP contribution in [-0.2, 0) is 6.42 Å². The lowest BCUT2D eigenvalue weighted by molar-refractivity contribution is 0.654. The van der Waals surface area contributed by atoms with Gasteiger partial charge in [0.15, 0.2) is 0 Å². The molecule has 0 aliphatic heterocycles. The summed E-state index contributed by atoms with van der Waals surface area (Å²) in [5, 5.41) is 0. The van der Waals surface area contributed by atoms with E-state index in [9.17, 15) is 0 Å². The summed E-state index contributed by atoms with van der Waals surface area (Å²) in [7, 11) is 0. The summed E-state index contributed by atoms with van der Waals surface area (Å²) in [6.45, 7) is 7.10. The number of H-pyrrole nitrogens is 1. The topological polar surface area (TPSA) is 54.7 Å². The molecule has 0 saturated heterocycles. The number of aryl methyl sites for hydroxylation is 2. The molecular formula is C16H23N3. The Balaban J connectivity index is 2.28. The predicted molar refractivity (Wildman–Crippen MR) is 80.2 cm³/mol. The Labute approximate surface area is 115 Å². The van der Waals surface area contributed by atoms with Crippen molar-refractivity contribution in [2.75, 3.05) is 6.54 Å². The standard InChI is InChI=1S/C16H23N3/c1-4-13-5-7-14(8-6-13)15-12(3)18-16(19-15)11(2)9-10-17/h5-8,11H,4,9-10,17H2,1-3H3,(H,18,19). The SMILES string of the molecule is CCc1ccc(-c2nc(C(C)CCN)[nH]c2C)cc1. The van der Waals surface area contributed by atoms with E-state index >= 15 is 0 Å². The largest absolute Gasteiger partial charge is 0.345 e. The van der Waals surface area contributed by atoms with Crippen molar-refractivity contribution in [2.45, 2.75) is 39.5 Å². The van der Waals surface area contributed by atoms with E-state index in [2.05, 4.69) is 50.0 Å². The first kappa shape index (κ1) is 13.8. The van der Waals surface area contributed by atoms with Gasteiger partial charge in [-0.2, -0.15) is 0 Å². The fourth-order valence-electron chi connectivity index (χ4n) is 2.28. The number of aromatic amines is 1. The maximum atomic E-state index is 5.61. The minimum atomic E-state index is 0.382. The van der Waals surface area contributed by atoms with Crippen LogP contribution in [0.25, 0.3) is 11.3 Å². The molecule has 0 radical (unpaired) electrons. The summed E-state index contributed by atoms with van der Waals surface area (Å²) in [5.74, 6) is 1.42. The number of rotatable bonds is 5. The second-order valence-electron chi connectivity index (χ2n) is 5.12. The van der Waals surface area contributed by atoms with Crippen LogP contribution in [0, 0.1) is 6.92 Å². The monoisotopic (exact) mass is 257 g/mol. The molecule has 102 valence electrons. The number of nitrogens with one attached hydrogen (secondary N) is 1. The fourth-order valence-corrected chi connectivity index (χ4v) is 2.28. The first-order valence-corrected chi connectivity index (χ1v) is 7.01. The maximum absolute atomic E-state index is 5.61. The molecule has 0 saturated carbocycles. The van der Waals surface area contributed by atoms with Gasteiger partial charge in [-0.15, -0.1) is 0 Å². The highest BCUT2D eigenvalue weighted by Crippen LogP contribution is 2.25. The number of benzene rings is 1. The summed E-state index contributed by atoms with van der Waals surface area (Å²) in [6, 6.07) is 8.65. The molecule has 1 unspecified atom stereocenters. The normalized spacial score (nSPS) is 12.6. The number of imidazole rings is 1. The van der Waals surface area contributed by atoms with Crippen LogP contribution in [0.3, 0.4) is 0 Å². The highest BCUT2D eigenvalue weighted by molar-refractivity contribution is 5.62. The van der Waals surface area contributed by atoms with E-state index < -0.39 is 0 Å². The molecule has 1 aromatic heterocycles. The van der Waals surface area contributed by atoms with Crippen molar-refractivity contribution in [2.24, 2.45) is 5.73 Å². The van der Waals surface area contributed by atoms with Crippen LogP contribution in [0.1, 0.15) is 43.3 Å². The van der Waals surface area contributed by atoms with E-state index in [1.807, 2.05) is 0 Å². The number of hydrogen-bond donors (Lipinski definition) is 2. The number of nitrogens with zero attached hydrogens (tertiary/aromatic N) is 1. The molecule has 2 aromatic rings. The molecule has 1 atom stereocenters. The zero-order valence-electron chi connectivity index (χ0n) is 12.0. The average Bonchev–Trinajstić information content (AvgIpc) is 2.81. The zero-order chi connectivity index (χ0) is 13.8. The Bertz CT molecular complexity index is 525. The Hall–Kier alpha value is -1.61. The average molecular weight is 257 g/mol. The van der Waals surface area contributed by atoms with E-state index in [1.165, 1.54) is 11.1 Å². The van der Waals surface area contributed by atoms with Crippen molar-refractivity contribution < 1.29 is 0 Å². The second-order valence-corrected chi connectivity index (χ2v) is 5.12. The van der Waals surface area contributed by atoms with Gasteiger partial charge in [-0.3, -0.25) is 0 Å². The van der Waals surface area contributed by atoms with Crippen molar-refractivity contribution in [3.63, 3.8) is 0 Å². The van der Waals surface area contributed by atoms with Crippen molar-refractivity contribution in [3.05, 3.63) is 41.3 Å². The molecule has 0 spiro atoms. The van der Waals surface area contributed by atoms with E-state index in [0.717, 1.165) is 30.1 Å². The minimum absolute atomic E-state index is 0.382. The highest BCUT2D eigenvalue weighted by atomic mass is 14.9. The smallest absolute Gasteiger partial charge is 0.109 e. The molecule has 0 fully saturated rings. The van der Waals surface area contributed by atoms with Crippen molar-refractivity contribution in [1.82, 2.24) is 9.97 Å². The Kier molecular flexibility index (Phi) is 4.38. The van der Waals surface area contributed by atoms with E-state index in [1.54, 1.807) is 0 Å². The molecule has 0 aliphatic carbocycles. The van der Waals surface area contributed by atoms with Gasteiger partial charge in [0.2, 0.25) is 0 Å². The number of hydrogen-bond acceptors (Lipinski definition) is 2. The van der Waals surface area contributed by atoms with Gasteiger partial charge in [-0.1, -0.05) is 38.1 Å². The second kappa shape index (κ2) is 6.02.